The predicted octanol–water partition coefficient (Wildman–Crippen LogP) is 0.247. The second kappa shape index (κ2) is 6.93. The lowest BCUT2D eigenvalue weighted by Crippen LogP contribution is -2.52. The molecule has 100 valence electrons. The Balaban J connectivity index is 2.49. The van der Waals surface area contributed by atoms with Crippen LogP contribution in [0.3, 0.4) is 0 Å². The molecule has 0 bridgehead atoms. The molecule has 0 aromatic carbocycles. The molecular formula is C12H24N2O3. The zero-order valence-corrected chi connectivity index (χ0v) is 11.2. The van der Waals surface area contributed by atoms with Crippen LogP contribution in [0, 0.1) is 0 Å². The van der Waals surface area contributed by atoms with Gasteiger partial charge in [0.2, 0.25) is 0 Å². The van der Waals surface area contributed by atoms with Gasteiger partial charge in [0.15, 0.2) is 0 Å². The Kier molecular flexibility index (Phi) is 5.88. The summed E-state index contributed by atoms with van der Waals surface area (Å²) in [5, 5.41) is 3.24. The number of esters is 1. The average molecular weight is 244 g/mol. The van der Waals surface area contributed by atoms with Gasteiger partial charge in [-0.1, -0.05) is 13.8 Å². The first-order valence-electron chi connectivity index (χ1n) is 6.20. The van der Waals surface area contributed by atoms with Crippen LogP contribution >= 0.6 is 0 Å². The van der Waals surface area contributed by atoms with Crippen molar-refractivity contribution in [2.75, 3.05) is 33.4 Å². The van der Waals surface area contributed by atoms with Crippen molar-refractivity contribution in [3.8, 4) is 0 Å². The molecule has 1 N–H and O–H groups in total. The van der Waals surface area contributed by atoms with Gasteiger partial charge in [0.25, 0.3) is 0 Å². The van der Waals surface area contributed by atoms with Crippen LogP contribution < -0.4 is 5.32 Å². The van der Waals surface area contributed by atoms with E-state index < -0.39 is 0 Å². The van der Waals surface area contributed by atoms with E-state index in [2.05, 4.69) is 17.1 Å². The minimum absolute atomic E-state index is 0.196. The van der Waals surface area contributed by atoms with Gasteiger partial charge in [0.05, 0.1) is 19.8 Å². The highest BCUT2D eigenvalue weighted by molar-refractivity contribution is 5.76. The van der Waals surface area contributed by atoms with Crippen molar-refractivity contribution in [1.29, 1.82) is 0 Å². The molecule has 5 nitrogen and oxygen atoms in total. The number of nitrogens with one attached hydrogen (secondary N) is 1. The number of carbonyl (C=O) groups is 1. The largest absolute Gasteiger partial charge is 0.468 e. The summed E-state index contributed by atoms with van der Waals surface area (Å²) in [6.45, 7) is 9.26. The summed E-state index contributed by atoms with van der Waals surface area (Å²) in [6.07, 6.45) is 0.237. The third-order valence-electron chi connectivity index (χ3n) is 2.79. The molecule has 0 radical (unpaired) electrons. The SMILES string of the molecule is COC(=O)C(CN1CCOC(C)C1)NC(C)C. The van der Waals surface area contributed by atoms with Crippen LogP contribution in [0.25, 0.3) is 0 Å². The number of nitrogens with zero attached hydrogens (tertiary/aromatic N) is 1. The van der Waals surface area contributed by atoms with Crippen LogP contribution in [0.15, 0.2) is 0 Å². The van der Waals surface area contributed by atoms with Gasteiger partial charge in [-0.15, -0.1) is 0 Å². The van der Waals surface area contributed by atoms with Gasteiger partial charge in [-0.2, -0.15) is 0 Å². The number of rotatable bonds is 5. The van der Waals surface area contributed by atoms with Crippen LogP contribution in [0.2, 0.25) is 0 Å². The van der Waals surface area contributed by atoms with Crippen molar-refractivity contribution in [3.63, 3.8) is 0 Å². The average Bonchev–Trinajstić information content (AvgIpc) is 2.26. The third-order valence-corrected chi connectivity index (χ3v) is 2.79. The molecular weight excluding hydrogens is 220 g/mol. The van der Waals surface area contributed by atoms with Gasteiger partial charge in [-0.25, -0.2) is 0 Å². The van der Waals surface area contributed by atoms with E-state index in [0.29, 0.717) is 6.54 Å². The van der Waals surface area contributed by atoms with Gasteiger partial charge in [0.1, 0.15) is 6.04 Å². The zero-order chi connectivity index (χ0) is 12.8. The molecule has 0 spiro atoms. The predicted molar refractivity (Wildman–Crippen MR) is 65.9 cm³/mol. The standard InChI is InChI=1S/C12H24N2O3/c1-9(2)13-11(12(15)16-4)8-14-5-6-17-10(3)7-14/h9-11,13H,5-8H2,1-4H3. The van der Waals surface area contributed by atoms with Crippen molar-refractivity contribution in [2.45, 2.75) is 39.0 Å². The fourth-order valence-corrected chi connectivity index (χ4v) is 2.05. The van der Waals surface area contributed by atoms with Crippen molar-refractivity contribution in [1.82, 2.24) is 10.2 Å². The number of hydrogen-bond acceptors (Lipinski definition) is 5. The molecule has 1 aliphatic heterocycles. The molecule has 17 heavy (non-hydrogen) atoms. The molecule has 0 aliphatic carbocycles. The van der Waals surface area contributed by atoms with Crippen molar-refractivity contribution in [2.24, 2.45) is 0 Å². The minimum Gasteiger partial charge on any atom is -0.468 e. The Morgan fingerprint density at radius 1 is 1.59 bits per heavy atom. The van der Waals surface area contributed by atoms with E-state index in [0.717, 1.165) is 19.7 Å². The molecule has 0 aromatic rings. The first kappa shape index (κ1) is 14.4. The summed E-state index contributed by atoms with van der Waals surface area (Å²) in [7, 11) is 1.43. The number of methoxy groups -OCH3 is 1. The monoisotopic (exact) mass is 244 g/mol. The van der Waals surface area contributed by atoms with E-state index in [4.69, 9.17) is 9.47 Å². The van der Waals surface area contributed by atoms with E-state index in [-0.39, 0.29) is 24.2 Å². The van der Waals surface area contributed by atoms with Crippen molar-refractivity contribution < 1.29 is 14.3 Å². The zero-order valence-electron chi connectivity index (χ0n) is 11.2. The highest BCUT2D eigenvalue weighted by atomic mass is 16.5. The van der Waals surface area contributed by atoms with Gasteiger partial charge in [-0.3, -0.25) is 9.69 Å². The first-order chi connectivity index (χ1) is 8.02. The lowest BCUT2D eigenvalue weighted by Gasteiger charge is -2.33. The molecule has 1 saturated heterocycles. The Morgan fingerprint density at radius 3 is 2.82 bits per heavy atom. The summed E-state index contributed by atoms with van der Waals surface area (Å²) in [4.78, 5) is 13.9. The van der Waals surface area contributed by atoms with E-state index in [1.807, 2.05) is 13.8 Å². The molecule has 0 saturated carbocycles. The molecule has 2 atom stereocenters. The van der Waals surface area contributed by atoms with Gasteiger partial charge >= 0.3 is 5.97 Å². The third kappa shape index (κ3) is 5.02. The summed E-state index contributed by atoms with van der Waals surface area (Å²) in [5.74, 6) is -0.196. The Morgan fingerprint density at radius 2 is 2.29 bits per heavy atom. The molecule has 1 aliphatic rings. The fourth-order valence-electron chi connectivity index (χ4n) is 2.05. The van der Waals surface area contributed by atoms with E-state index in [1.54, 1.807) is 0 Å². The Hall–Kier alpha value is -0.650. The molecule has 0 amide bonds. The number of morpholine rings is 1. The van der Waals surface area contributed by atoms with Crippen LogP contribution in [-0.2, 0) is 14.3 Å². The highest BCUT2D eigenvalue weighted by Crippen LogP contribution is 2.06. The fraction of sp³-hybridized carbons (Fsp3) is 0.917. The van der Waals surface area contributed by atoms with Crippen LogP contribution in [-0.4, -0.2) is 62.4 Å². The van der Waals surface area contributed by atoms with Crippen LogP contribution in [0.1, 0.15) is 20.8 Å². The summed E-state index contributed by atoms with van der Waals surface area (Å²) >= 11 is 0. The first-order valence-corrected chi connectivity index (χ1v) is 6.20. The topological polar surface area (TPSA) is 50.8 Å². The van der Waals surface area contributed by atoms with E-state index >= 15 is 0 Å². The Bertz CT molecular complexity index is 246. The minimum atomic E-state index is -0.259. The smallest absolute Gasteiger partial charge is 0.324 e. The molecule has 5 heteroatoms. The number of carbonyl (C=O) groups excluding carboxylic acids is 1. The van der Waals surface area contributed by atoms with Crippen LogP contribution in [0.4, 0.5) is 0 Å². The van der Waals surface area contributed by atoms with Gasteiger partial charge in [-0.05, 0) is 6.92 Å². The second-order valence-electron chi connectivity index (χ2n) is 4.84. The Labute approximate surface area is 103 Å². The quantitative estimate of drug-likeness (QED) is 0.702. The molecule has 0 aromatic heterocycles. The maximum atomic E-state index is 11.7. The second-order valence-corrected chi connectivity index (χ2v) is 4.84. The summed E-state index contributed by atoms with van der Waals surface area (Å²) in [5.41, 5.74) is 0. The van der Waals surface area contributed by atoms with E-state index in [9.17, 15) is 4.79 Å². The maximum Gasteiger partial charge on any atom is 0.324 e. The lowest BCUT2D eigenvalue weighted by atomic mass is 10.2. The molecule has 1 rings (SSSR count). The lowest BCUT2D eigenvalue weighted by molar-refractivity contribution is -0.144. The molecule has 1 heterocycles. The van der Waals surface area contributed by atoms with Gasteiger partial charge < -0.3 is 14.8 Å². The van der Waals surface area contributed by atoms with E-state index in [1.165, 1.54) is 7.11 Å². The number of hydrogen-bond donors (Lipinski definition) is 1. The highest BCUT2D eigenvalue weighted by Gasteiger charge is 2.25. The number of ether oxygens (including phenoxy) is 2. The molecule has 2 unspecified atom stereocenters. The van der Waals surface area contributed by atoms with Crippen LogP contribution in [0.5, 0.6) is 0 Å². The van der Waals surface area contributed by atoms with Crippen molar-refractivity contribution >= 4 is 5.97 Å². The van der Waals surface area contributed by atoms with Gasteiger partial charge in [0, 0.05) is 25.7 Å². The maximum absolute atomic E-state index is 11.7. The summed E-state index contributed by atoms with van der Waals surface area (Å²) < 4.78 is 10.3. The normalized spacial score (nSPS) is 23.7. The summed E-state index contributed by atoms with van der Waals surface area (Å²) in [6, 6.07) is 0.00265. The molecule has 1 fully saturated rings. The van der Waals surface area contributed by atoms with Crippen molar-refractivity contribution in [3.05, 3.63) is 0 Å².